The first-order valence-corrected chi connectivity index (χ1v) is 7.40. The van der Waals surface area contributed by atoms with Crippen LogP contribution in [-0.2, 0) is 9.59 Å². The van der Waals surface area contributed by atoms with E-state index in [-0.39, 0.29) is 16.5 Å². The van der Waals surface area contributed by atoms with E-state index in [9.17, 15) is 24.3 Å². The molecule has 23 heavy (non-hydrogen) atoms. The molecule has 0 aromatic carbocycles. The number of rotatable bonds is 6. The fraction of sp³-hybridized carbons (Fsp3) is 0.385. The largest absolute Gasteiger partial charge is 0.478 e. The quantitative estimate of drug-likeness (QED) is 0.488. The average Bonchev–Trinajstić information content (AvgIpc) is 2.80. The number of carboxylic acid groups (broad SMARTS) is 2. The van der Waals surface area contributed by atoms with Gasteiger partial charge in [0, 0.05) is 4.88 Å². The Morgan fingerprint density at radius 1 is 1.26 bits per heavy atom. The van der Waals surface area contributed by atoms with Gasteiger partial charge in [0.1, 0.15) is 5.00 Å². The zero-order valence-electron chi connectivity index (χ0n) is 12.5. The Morgan fingerprint density at radius 2 is 1.87 bits per heavy atom. The topological polar surface area (TPSA) is 159 Å². The molecular formula is C13H17N3O6S. The standard InChI is InChI=1S/C13H17N3O6S/c1-5(2)3-7(15-13(14)22)8-4-6(11(18)19)10(23-8)16-9(17)12(20)21/h4-5,7H,3H2,1-2H3,(H,16,17)(H,18,19)(H,20,21)(H3,14,15,22). The Bertz CT molecular complexity index is 640. The number of hydrogen-bond acceptors (Lipinski definition) is 5. The summed E-state index contributed by atoms with van der Waals surface area (Å²) in [5.74, 6) is -4.22. The third-order valence-corrected chi connectivity index (χ3v) is 3.93. The summed E-state index contributed by atoms with van der Waals surface area (Å²) < 4.78 is 0. The van der Waals surface area contributed by atoms with Crippen molar-refractivity contribution in [2.24, 2.45) is 11.7 Å². The van der Waals surface area contributed by atoms with Crippen molar-refractivity contribution >= 4 is 40.2 Å². The van der Waals surface area contributed by atoms with Crippen LogP contribution in [0.25, 0.3) is 0 Å². The third-order valence-electron chi connectivity index (χ3n) is 2.77. The van der Waals surface area contributed by atoms with Gasteiger partial charge in [0.15, 0.2) is 0 Å². The lowest BCUT2D eigenvalue weighted by Gasteiger charge is -2.18. The van der Waals surface area contributed by atoms with Crippen molar-refractivity contribution in [2.45, 2.75) is 26.3 Å². The molecule has 0 spiro atoms. The lowest BCUT2D eigenvalue weighted by atomic mass is 10.0. The van der Waals surface area contributed by atoms with Gasteiger partial charge >= 0.3 is 23.9 Å². The number of carbonyl (C=O) groups is 4. The molecule has 0 aliphatic heterocycles. The van der Waals surface area contributed by atoms with Crippen LogP contribution in [0.1, 0.15) is 41.5 Å². The van der Waals surface area contributed by atoms with Crippen LogP contribution in [0.3, 0.4) is 0 Å². The maximum absolute atomic E-state index is 11.2. The first-order chi connectivity index (χ1) is 10.6. The maximum atomic E-state index is 11.2. The molecule has 1 heterocycles. The highest BCUT2D eigenvalue weighted by atomic mass is 32.1. The zero-order chi connectivity index (χ0) is 17.7. The van der Waals surface area contributed by atoms with E-state index in [4.69, 9.17) is 10.8 Å². The van der Waals surface area contributed by atoms with Crippen molar-refractivity contribution in [3.63, 3.8) is 0 Å². The number of primary amides is 1. The number of hydrogen-bond donors (Lipinski definition) is 5. The van der Waals surface area contributed by atoms with Crippen LogP contribution in [0.2, 0.25) is 0 Å². The number of carboxylic acids is 2. The van der Waals surface area contributed by atoms with Gasteiger partial charge in [0.25, 0.3) is 0 Å². The molecule has 1 atom stereocenters. The van der Waals surface area contributed by atoms with Crippen LogP contribution in [0.5, 0.6) is 0 Å². The van der Waals surface area contributed by atoms with E-state index in [0.717, 1.165) is 11.3 Å². The van der Waals surface area contributed by atoms with E-state index in [1.54, 1.807) is 0 Å². The van der Waals surface area contributed by atoms with E-state index in [1.165, 1.54) is 6.07 Å². The van der Waals surface area contributed by atoms with Gasteiger partial charge in [-0.1, -0.05) is 13.8 Å². The van der Waals surface area contributed by atoms with Gasteiger partial charge in [-0.25, -0.2) is 14.4 Å². The van der Waals surface area contributed by atoms with Crippen molar-refractivity contribution in [3.8, 4) is 0 Å². The molecule has 0 aliphatic rings. The van der Waals surface area contributed by atoms with Crippen molar-refractivity contribution in [1.29, 1.82) is 0 Å². The van der Waals surface area contributed by atoms with E-state index in [0.29, 0.717) is 11.3 Å². The zero-order valence-corrected chi connectivity index (χ0v) is 13.3. The third kappa shape index (κ3) is 5.25. The predicted octanol–water partition coefficient (Wildman–Crippen LogP) is 1.22. The second kappa shape index (κ2) is 7.58. The molecule has 1 rings (SSSR count). The smallest absolute Gasteiger partial charge is 0.394 e. The van der Waals surface area contributed by atoms with Gasteiger partial charge in [-0.3, -0.25) is 4.79 Å². The van der Waals surface area contributed by atoms with Gasteiger partial charge in [-0.15, -0.1) is 11.3 Å². The van der Waals surface area contributed by atoms with Gasteiger partial charge in [0.2, 0.25) is 0 Å². The Labute approximate surface area is 135 Å². The number of nitrogens with one attached hydrogen (secondary N) is 2. The first kappa shape index (κ1) is 18.4. The summed E-state index contributed by atoms with van der Waals surface area (Å²) in [6, 6.07) is -0.0175. The van der Waals surface area contributed by atoms with E-state index in [1.807, 2.05) is 19.2 Å². The molecule has 9 nitrogen and oxygen atoms in total. The van der Waals surface area contributed by atoms with Gasteiger partial charge in [-0.2, -0.15) is 0 Å². The second-order valence-corrected chi connectivity index (χ2v) is 6.23. The number of nitrogens with two attached hydrogens (primary N) is 1. The van der Waals surface area contributed by atoms with E-state index in [2.05, 4.69) is 5.32 Å². The Balaban J connectivity index is 3.19. The van der Waals surface area contributed by atoms with Crippen LogP contribution < -0.4 is 16.4 Å². The van der Waals surface area contributed by atoms with Gasteiger partial charge < -0.3 is 26.6 Å². The second-order valence-electron chi connectivity index (χ2n) is 5.15. The number of amides is 3. The molecule has 0 saturated carbocycles. The molecule has 0 bridgehead atoms. The Hall–Kier alpha value is -2.62. The molecule has 6 N–H and O–H groups in total. The summed E-state index contributed by atoms with van der Waals surface area (Å²) in [7, 11) is 0. The molecule has 1 aromatic heterocycles. The minimum Gasteiger partial charge on any atom is -0.478 e. The average molecular weight is 343 g/mol. The highest BCUT2D eigenvalue weighted by Crippen LogP contribution is 2.34. The number of carbonyl (C=O) groups excluding carboxylic acids is 2. The van der Waals surface area contributed by atoms with Gasteiger partial charge in [0.05, 0.1) is 11.6 Å². The molecule has 1 aromatic rings. The normalized spacial score (nSPS) is 11.8. The number of anilines is 1. The van der Waals surface area contributed by atoms with E-state index >= 15 is 0 Å². The van der Waals surface area contributed by atoms with Crippen LogP contribution in [-0.4, -0.2) is 34.1 Å². The lowest BCUT2D eigenvalue weighted by Crippen LogP contribution is -2.33. The predicted molar refractivity (Wildman–Crippen MR) is 82.5 cm³/mol. The van der Waals surface area contributed by atoms with Gasteiger partial charge in [-0.05, 0) is 18.4 Å². The summed E-state index contributed by atoms with van der Waals surface area (Å²) in [5, 5.41) is 22.2. The maximum Gasteiger partial charge on any atom is 0.394 e. The molecule has 0 fully saturated rings. The molecule has 1 unspecified atom stereocenters. The molecule has 3 amide bonds. The molecule has 0 radical (unpaired) electrons. The van der Waals surface area contributed by atoms with Crippen molar-refractivity contribution in [3.05, 3.63) is 16.5 Å². The first-order valence-electron chi connectivity index (χ1n) is 6.59. The molecule has 0 aliphatic carbocycles. The number of thiophene rings is 1. The molecule has 0 saturated heterocycles. The summed E-state index contributed by atoms with van der Waals surface area (Å²) in [6.07, 6.45) is 0.495. The summed E-state index contributed by atoms with van der Waals surface area (Å²) in [4.78, 5) is 44.6. The number of aliphatic carboxylic acids is 1. The van der Waals surface area contributed by atoms with Crippen LogP contribution in [0.4, 0.5) is 9.80 Å². The molecule has 126 valence electrons. The van der Waals surface area contributed by atoms with Crippen LogP contribution in [0.15, 0.2) is 6.07 Å². The lowest BCUT2D eigenvalue weighted by molar-refractivity contribution is -0.147. The molecule has 10 heteroatoms. The van der Waals surface area contributed by atoms with Crippen LogP contribution >= 0.6 is 11.3 Å². The van der Waals surface area contributed by atoms with Crippen LogP contribution in [0, 0.1) is 5.92 Å². The fourth-order valence-corrected chi connectivity index (χ4v) is 2.99. The molecular weight excluding hydrogens is 326 g/mol. The van der Waals surface area contributed by atoms with Crippen molar-refractivity contribution in [1.82, 2.24) is 5.32 Å². The summed E-state index contributed by atoms with van der Waals surface area (Å²) in [6.45, 7) is 3.82. The fourth-order valence-electron chi connectivity index (χ4n) is 1.88. The minimum absolute atomic E-state index is 0.111. The highest BCUT2D eigenvalue weighted by molar-refractivity contribution is 7.16. The summed E-state index contributed by atoms with van der Waals surface area (Å²) >= 11 is 0.879. The Kier molecular flexibility index (Phi) is 6.08. The monoisotopic (exact) mass is 343 g/mol. The SMILES string of the molecule is CC(C)CC(NC(N)=O)c1cc(C(=O)O)c(NC(=O)C(=O)O)s1. The van der Waals surface area contributed by atoms with Crippen molar-refractivity contribution in [2.75, 3.05) is 5.32 Å². The number of aromatic carboxylic acids is 1. The number of urea groups is 1. The Morgan fingerprint density at radius 3 is 2.30 bits per heavy atom. The minimum atomic E-state index is -1.73. The summed E-state index contributed by atoms with van der Waals surface area (Å²) in [5.41, 5.74) is 4.87. The van der Waals surface area contributed by atoms with Crippen molar-refractivity contribution < 1.29 is 29.4 Å². The van der Waals surface area contributed by atoms with E-state index < -0.39 is 29.9 Å². The highest BCUT2D eigenvalue weighted by Gasteiger charge is 2.24.